The second kappa shape index (κ2) is 3.97. The Kier molecular flexibility index (Phi) is 2.49. The lowest BCUT2D eigenvalue weighted by atomic mass is 9.82. The highest BCUT2D eigenvalue weighted by Crippen LogP contribution is 2.33. The second-order valence-corrected chi connectivity index (χ2v) is 4.87. The van der Waals surface area contributed by atoms with E-state index in [1.807, 2.05) is 0 Å². The molecular weight excluding hydrogens is 184 g/mol. The molecule has 1 saturated carbocycles. The maximum absolute atomic E-state index is 6.03. The van der Waals surface area contributed by atoms with E-state index in [0.717, 1.165) is 12.5 Å². The Morgan fingerprint density at radius 1 is 1.00 bits per heavy atom. The van der Waals surface area contributed by atoms with Gasteiger partial charge < -0.3 is 4.74 Å². The first kappa shape index (κ1) is 9.41. The van der Waals surface area contributed by atoms with Crippen molar-refractivity contribution in [3.63, 3.8) is 0 Å². The fourth-order valence-corrected chi connectivity index (χ4v) is 3.00. The Balaban J connectivity index is 1.88. The zero-order valence-electron chi connectivity index (χ0n) is 9.11. The lowest BCUT2D eigenvalue weighted by Crippen LogP contribution is -2.27. The second-order valence-electron chi connectivity index (χ2n) is 4.87. The third-order valence-corrected chi connectivity index (χ3v) is 3.89. The monoisotopic (exact) mass is 202 g/mol. The van der Waals surface area contributed by atoms with Crippen LogP contribution in [0, 0.1) is 5.92 Å². The number of hydrogen-bond acceptors (Lipinski definition) is 1. The van der Waals surface area contributed by atoms with Crippen molar-refractivity contribution < 1.29 is 4.74 Å². The third-order valence-electron chi connectivity index (χ3n) is 3.89. The van der Waals surface area contributed by atoms with Gasteiger partial charge in [0.15, 0.2) is 0 Å². The summed E-state index contributed by atoms with van der Waals surface area (Å²) in [7, 11) is 0. The summed E-state index contributed by atoms with van der Waals surface area (Å²) in [5, 5.41) is 0. The average molecular weight is 202 g/mol. The first-order valence-corrected chi connectivity index (χ1v) is 6.12. The first-order valence-electron chi connectivity index (χ1n) is 6.12. The Bertz CT molecular complexity index is 345. The minimum Gasteiger partial charge on any atom is -0.373 e. The number of hydrogen-bond donors (Lipinski definition) is 0. The van der Waals surface area contributed by atoms with Gasteiger partial charge in [0.25, 0.3) is 0 Å². The fraction of sp³-hybridized carbons (Fsp3) is 0.571. The molecule has 1 heterocycles. The van der Waals surface area contributed by atoms with Gasteiger partial charge in [-0.05, 0) is 36.3 Å². The zero-order valence-corrected chi connectivity index (χ0v) is 9.11. The van der Waals surface area contributed by atoms with Gasteiger partial charge in [-0.3, -0.25) is 0 Å². The molecule has 3 rings (SSSR count). The number of ether oxygens (including phenoxy) is 1. The smallest absolute Gasteiger partial charge is 0.0723 e. The maximum Gasteiger partial charge on any atom is 0.0723 e. The van der Waals surface area contributed by atoms with Crippen molar-refractivity contribution in [2.45, 2.75) is 44.8 Å². The minimum absolute atomic E-state index is 0.533. The SMILES string of the molecule is c1ccc2c(c1)CO[C@H]1CCCC[C@@H]1C2. The minimum atomic E-state index is 0.533. The molecule has 1 aromatic carbocycles. The predicted molar refractivity (Wildman–Crippen MR) is 60.7 cm³/mol. The molecule has 0 radical (unpaired) electrons. The van der Waals surface area contributed by atoms with Crippen LogP contribution in [0.5, 0.6) is 0 Å². The van der Waals surface area contributed by atoms with Crippen molar-refractivity contribution in [1.82, 2.24) is 0 Å². The van der Waals surface area contributed by atoms with Crippen LogP contribution in [0.25, 0.3) is 0 Å². The van der Waals surface area contributed by atoms with E-state index in [1.54, 1.807) is 0 Å². The fourth-order valence-electron chi connectivity index (χ4n) is 3.00. The summed E-state index contributed by atoms with van der Waals surface area (Å²) in [6.45, 7) is 0.831. The van der Waals surface area contributed by atoms with Crippen LogP contribution in [0.1, 0.15) is 36.8 Å². The van der Waals surface area contributed by atoms with Crippen molar-refractivity contribution in [2.24, 2.45) is 5.92 Å². The van der Waals surface area contributed by atoms with Crippen LogP contribution in [0.2, 0.25) is 0 Å². The van der Waals surface area contributed by atoms with Gasteiger partial charge in [-0.1, -0.05) is 37.1 Å². The van der Waals surface area contributed by atoms with Gasteiger partial charge in [-0.25, -0.2) is 0 Å². The highest BCUT2D eigenvalue weighted by Gasteiger charge is 2.28. The zero-order chi connectivity index (χ0) is 10.1. The van der Waals surface area contributed by atoms with Gasteiger partial charge >= 0.3 is 0 Å². The van der Waals surface area contributed by atoms with E-state index >= 15 is 0 Å². The molecule has 1 heteroatoms. The van der Waals surface area contributed by atoms with Crippen molar-refractivity contribution >= 4 is 0 Å². The molecule has 1 aromatic rings. The summed E-state index contributed by atoms with van der Waals surface area (Å²) >= 11 is 0. The van der Waals surface area contributed by atoms with Crippen LogP contribution in [0.4, 0.5) is 0 Å². The van der Waals surface area contributed by atoms with Gasteiger partial charge in [0.2, 0.25) is 0 Å². The molecule has 2 atom stereocenters. The van der Waals surface area contributed by atoms with Crippen LogP contribution >= 0.6 is 0 Å². The summed E-state index contributed by atoms with van der Waals surface area (Å²) in [5.41, 5.74) is 2.93. The highest BCUT2D eigenvalue weighted by atomic mass is 16.5. The van der Waals surface area contributed by atoms with Gasteiger partial charge in [0.1, 0.15) is 0 Å². The summed E-state index contributed by atoms with van der Waals surface area (Å²) in [6, 6.07) is 8.77. The molecular formula is C14H18O. The van der Waals surface area contributed by atoms with Crippen molar-refractivity contribution in [3.8, 4) is 0 Å². The largest absolute Gasteiger partial charge is 0.373 e. The highest BCUT2D eigenvalue weighted by molar-refractivity contribution is 5.28. The van der Waals surface area contributed by atoms with Crippen molar-refractivity contribution in [2.75, 3.05) is 0 Å². The van der Waals surface area contributed by atoms with Gasteiger partial charge in [0, 0.05) is 0 Å². The molecule has 1 nitrogen and oxygen atoms in total. The molecule has 2 aliphatic rings. The van der Waals surface area contributed by atoms with Gasteiger partial charge in [0.05, 0.1) is 12.7 Å². The van der Waals surface area contributed by atoms with Gasteiger partial charge in [-0.2, -0.15) is 0 Å². The summed E-state index contributed by atoms with van der Waals surface area (Å²) in [5.74, 6) is 0.780. The topological polar surface area (TPSA) is 9.23 Å². The molecule has 0 aromatic heterocycles. The summed E-state index contributed by atoms with van der Waals surface area (Å²) < 4.78 is 6.03. The van der Waals surface area contributed by atoms with E-state index in [-0.39, 0.29) is 0 Å². The maximum atomic E-state index is 6.03. The quantitative estimate of drug-likeness (QED) is 0.627. The van der Waals surface area contributed by atoms with Gasteiger partial charge in [-0.15, -0.1) is 0 Å². The lowest BCUT2D eigenvalue weighted by molar-refractivity contribution is -0.0143. The molecule has 80 valence electrons. The van der Waals surface area contributed by atoms with E-state index in [2.05, 4.69) is 24.3 Å². The molecule has 0 N–H and O–H groups in total. The van der Waals surface area contributed by atoms with Crippen LogP contribution in [0.3, 0.4) is 0 Å². The Hall–Kier alpha value is -0.820. The molecule has 0 spiro atoms. The van der Waals surface area contributed by atoms with Crippen LogP contribution < -0.4 is 0 Å². The lowest BCUT2D eigenvalue weighted by Gasteiger charge is -2.29. The average Bonchev–Trinajstić information content (AvgIpc) is 2.48. The molecule has 1 fully saturated rings. The standard InChI is InChI=1S/C14H18O/c1-2-7-13-10-15-14-8-4-3-6-12(14)9-11(13)5-1/h1-2,5,7,12,14H,3-4,6,8-10H2/t12-,14+/m1/s1. The molecule has 0 saturated heterocycles. The van der Waals surface area contributed by atoms with Crippen LogP contribution in [-0.2, 0) is 17.8 Å². The summed E-state index contributed by atoms with van der Waals surface area (Å²) in [6.07, 6.45) is 7.16. The Morgan fingerprint density at radius 2 is 1.80 bits per heavy atom. The van der Waals surface area contributed by atoms with E-state index < -0.39 is 0 Å². The molecule has 15 heavy (non-hydrogen) atoms. The third kappa shape index (κ3) is 1.81. The van der Waals surface area contributed by atoms with E-state index in [1.165, 1.54) is 43.2 Å². The molecule has 0 amide bonds. The Labute approximate surface area is 91.5 Å². The molecule has 0 bridgehead atoms. The number of rotatable bonds is 0. The van der Waals surface area contributed by atoms with Crippen LogP contribution in [0.15, 0.2) is 24.3 Å². The van der Waals surface area contributed by atoms with Crippen molar-refractivity contribution in [1.29, 1.82) is 0 Å². The number of benzene rings is 1. The van der Waals surface area contributed by atoms with E-state index in [4.69, 9.17) is 4.74 Å². The first-order chi connectivity index (χ1) is 7.43. The van der Waals surface area contributed by atoms with Crippen LogP contribution in [-0.4, -0.2) is 6.10 Å². The molecule has 0 unspecified atom stereocenters. The summed E-state index contributed by atoms with van der Waals surface area (Å²) in [4.78, 5) is 0. The molecule has 1 aliphatic carbocycles. The predicted octanol–water partition coefficient (Wildman–Crippen LogP) is 3.32. The van der Waals surface area contributed by atoms with E-state index in [0.29, 0.717) is 6.10 Å². The molecule has 1 aliphatic heterocycles. The van der Waals surface area contributed by atoms with Crippen molar-refractivity contribution in [3.05, 3.63) is 35.4 Å². The Morgan fingerprint density at radius 3 is 2.73 bits per heavy atom. The van der Waals surface area contributed by atoms with E-state index in [9.17, 15) is 0 Å². The number of fused-ring (bicyclic) bond motifs is 2. The normalized spacial score (nSPS) is 30.1.